The van der Waals surface area contributed by atoms with Gasteiger partial charge in [0, 0.05) is 25.2 Å². The number of amides is 1. The Balaban J connectivity index is 2.40. The number of ether oxygens (including phenoxy) is 1. The zero-order valence-corrected chi connectivity index (χ0v) is 10.3. The molecule has 0 aliphatic carbocycles. The summed E-state index contributed by atoms with van der Waals surface area (Å²) >= 11 is 0. The molecule has 0 radical (unpaired) electrons. The average molecular weight is 230 g/mol. The first-order valence-corrected chi connectivity index (χ1v) is 5.74. The molecular formula is C11H22N2O3. The number of morpholine rings is 1. The maximum absolute atomic E-state index is 11.1. The molecule has 1 fully saturated rings. The van der Waals surface area contributed by atoms with Gasteiger partial charge < -0.3 is 20.1 Å². The summed E-state index contributed by atoms with van der Waals surface area (Å²) in [5.41, 5.74) is -0.353. The van der Waals surface area contributed by atoms with Crippen molar-refractivity contribution in [1.82, 2.24) is 10.2 Å². The maximum atomic E-state index is 11.1. The normalized spacial score (nSPS) is 21.8. The summed E-state index contributed by atoms with van der Waals surface area (Å²) in [6.07, 6.45) is 0.0190. The zero-order chi connectivity index (χ0) is 12.2. The van der Waals surface area contributed by atoms with E-state index >= 15 is 0 Å². The highest BCUT2D eigenvalue weighted by molar-refractivity contribution is 5.65. The van der Waals surface area contributed by atoms with E-state index in [1.807, 2.05) is 20.8 Å². The van der Waals surface area contributed by atoms with Crippen LogP contribution in [0, 0.1) is 0 Å². The molecule has 94 valence electrons. The molecule has 2 N–H and O–H groups in total. The predicted octanol–water partition coefficient (Wildman–Crippen LogP) is 1.14. The van der Waals surface area contributed by atoms with Gasteiger partial charge in [-0.2, -0.15) is 0 Å². The van der Waals surface area contributed by atoms with Gasteiger partial charge in [-0.3, -0.25) is 0 Å². The van der Waals surface area contributed by atoms with Crippen LogP contribution in [-0.2, 0) is 4.74 Å². The van der Waals surface area contributed by atoms with E-state index in [0.717, 1.165) is 19.5 Å². The van der Waals surface area contributed by atoms with Crippen molar-refractivity contribution in [2.24, 2.45) is 0 Å². The van der Waals surface area contributed by atoms with Crippen molar-refractivity contribution < 1.29 is 14.6 Å². The molecule has 5 heteroatoms. The van der Waals surface area contributed by atoms with Crippen molar-refractivity contribution >= 4 is 6.09 Å². The Hall–Kier alpha value is -0.810. The van der Waals surface area contributed by atoms with Crippen molar-refractivity contribution in [3.63, 3.8) is 0 Å². The summed E-state index contributed by atoms with van der Waals surface area (Å²) in [5.74, 6) is 0. The fourth-order valence-electron chi connectivity index (χ4n) is 1.80. The van der Waals surface area contributed by atoms with E-state index < -0.39 is 6.09 Å². The fraction of sp³-hybridized carbons (Fsp3) is 0.909. The van der Waals surface area contributed by atoms with Crippen LogP contribution >= 0.6 is 0 Å². The lowest BCUT2D eigenvalue weighted by Crippen LogP contribution is -2.47. The van der Waals surface area contributed by atoms with Gasteiger partial charge in [0.15, 0.2) is 0 Å². The molecule has 1 rings (SSSR count). The van der Waals surface area contributed by atoms with Crippen molar-refractivity contribution in [2.45, 2.75) is 38.8 Å². The van der Waals surface area contributed by atoms with E-state index in [-0.39, 0.29) is 11.6 Å². The lowest BCUT2D eigenvalue weighted by atomic mass is 10.1. The van der Waals surface area contributed by atoms with E-state index in [1.54, 1.807) is 0 Å². The van der Waals surface area contributed by atoms with Gasteiger partial charge in [-0.25, -0.2) is 4.79 Å². The first kappa shape index (κ1) is 13.3. The Morgan fingerprint density at radius 1 is 1.56 bits per heavy atom. The predicted molar refractivity (Wildman–Crippen MR) is 61.7 cm³/mol. The van der Waals surface area contributed by atoms with Gasteiger partial charge in [0.1, 0.15) is 0 Å². The molecule has 1 saturated heterocycles. The van der Waals surface area contributed by atoms with Crippen LogP contribution in [0.3, 0.4) is 0 Å². The second-order valence-electron chi connectivity index (χ2n) is 5.09. The molecular weight excluding hydrogens is 208 g/mol. The van der Waals surface area contributed by atoms with E-state index in [4.69, 9.17) is 9.84 Å². The van der Waals surface area contributed by atoms with Gasteiger partial charge in [-0.1, -0.05) is 0 Å². The Bertz CT molecular complexity index is 232. The van der Waals surface area contributed by atoms with Gasteiger partial charge in [0.05, 0.1) is 12.7 Å². The second kappa shape index (κ2) is 5.50. The minimum Gasteiger partial charge on any atom is -0.465 e. The van der Waals surface area contributed by atoms with Crippen LogP contribution < -0.4 is 5.32 Å². The number of carboxylic acid groups (broad SMARTS) is 1. The molecule has 5 nitrogen and oxygen atoms in total. The first-order chi connectivity index (χ1) is 7.41. The van der Waals surface area contributed by atoms with Gasteiger partial charge >= 0.3 is 6.09 Å². The standard InChI is InChI=1S/C11H22N2O3/c1-11(2,3)13(10(14)15)6-4-9-8-12-5-7-16-9/h9,12H,4-8H2,1-3H3,(H,14,15). The van der Waals surface area contributed by atoms with E-state index in [2.05, 4.69) is 5.32 Å². The Labute approximate surface area is 96.8 Å². The Morgan fingerprint density at radius 3 is 2.69 bits per heavy atom. The molecule has 1 aliphatic heterocycles. The van der Waals surface area contributed by atoms with Crippen LogP contribution in [-0.4, -0.2) is 54.0 Å². The highest BCUT2D eigenvalue weighted by Gasteiger charge is 2.27. The number of carbonyl (C=O) groups is 1. The average Bonchev–Trinajstić information content (AvgIpc) is 2.17. The third-order valence-electron chi connectivity index (χ3n) is 2.72. The summed E-state index contributed by atoms with van der Waals surface area (Å²) in [5, 5.41) is 12.3. The van der Waals surface area contributed by atoms with Gasteiger partial charge in [0.2, 0.25) is 0 Å². The summed E-state index contributed by atoms with van der Waals surface area (Å²) in [7, 11) is 0. The first-order valence-electron chi connectivity index (χ1n) is 5.74. The van der Waals surface area contributed by atoms with Crippen LogP contribution in [0.25, 0.3) is 0 Å². The van der Waals surface area contributed by atoms with Gasteiger partial charge in [-0.05, 0) is 27.2 Å². The third-order valence-corrected chi connectivity index (χ3v) is 2.72. The minimum atomic E-state index is -0.865. The molecule has 1 amide bonds. The smallest absolute Gasteiger partial charge is 0.407 e. The van der Waals surface area contributed by atoms with Crippen molar-refractivity contribution in [2.75, 3.05) is 26.2 Å². The number of rotatable bonds is 3. The van der Waals surface area contributed by atoms with E-state index in [9.17, 15) is 4.79 Å². The zero-order valence-electron chi connectivity index (χ0n) is 10.3. The van der Waals surface area contributed by atoms with Gasteiger partial charge in [0.25, 0.3) is 0 Å². The lowest BCUT2D eigenvalue weighted by molar-refractivity contribution is 0.0120. The molecule has 16 heavy (non-hydrogen) atoms. The van der Waals surface area contributed by atoms with Crippen LogP contribution in [0.5, 0.6) is 0 Å². The largest absolute Gasteiger partial charge is 0.465 e. The molecule has 0 spiro atoms. The maximum Gasteiger partial charge on any atom is 0.407 e. The van der Waals surface area contributed by atoms with Crippen LogP contribution in [0.4, 0.5) is 4.79 Å². The third kappa shape index (κ3) is 3.98. The minimum absolute atomic E-state index is 0.137. The van der Waals surface area contributed by atoms with E-state index in [0.29, 0.717) is 13.2 Å². The van der Waals surface area contributed by atoms with Crippen LogP contribution in [0.2, 0.25) is 0 Å². The number of hydrogen-bond acceptors (Lipinski definition) is 3. The highest BCUT2D eigenvalue weighted by Crippen LogP contribution is 2.15. The molecule has 0 saturated carbocycles. The highest BCUT2D eigenvalue weighted by atomic mass is 16.5. The molecule has 0 aromatic carbocycles. The fourth-order valence-corrected chi connectivity index (χ4v) is 1.80. The molecule has 1 unspecified atom stereocenters. The number of nitrogens with one attached hydrogen (secondary N) is 1. The topological polar surface area (TPSA) is 61.8 Å². The summed E-state index contributed by atoms with van der Waals surface area (Å²) < 4.78 is 5.54. The molecule has 1 heterocycles. The number of nitrogens with zero attached hydrogens (tertiary/aromatic N) is 1. The van der Waals surface area contributed by atoms with E-state index in [1.165, 1.54) is 4.90 Å². The monoisotopic (exact) mass is 230 g/mol. The van der Waals surface area contributed by atoms with Crippen molar-refractivity contribution in [1.29, 1.82) is 0 Å². The number of hydrogen-bond donors (Lipinski definition) is 2. The van der Waals surface area contributed by atoms with Gasteiger partial charge in [-0.15, -0.1) is 0 Å². The quantitative estimate of drug-likeness (QED) is 0.763. The SMILES string of the molecule is CC(C)(C)N(CCC1CNCCO1)C(=O)O. The summed E-state index contributed by atoms with van der Waals surface area (Å²) in [6, 6.07) is 0. The Kier molecular flexibility index (Phi) is 4.56. The van der Waals surface area contributed by atoms with Crippen LogP contribution in [0.15, 0.2) is 0 Å². The lowest BCUT2D eigenvalue weighted by Gasteiger charge is -2.34. The summed E-state index contributed by atoms with van der Waals surface area (Å²) in [6.45, 7) is 8.65. The van der Waals surface area contributed by atoms with Crippen molar-refractivity contribution in [3.05, 3.63) is 0 Å². The second-order valence-corrected chi connectivity index (χ2v) is 5.09. The summed E-state index contributed by atoms with van der Waals surface area (Å²) in [4.78, 5) is 12.6. The Morgan fingerprint density at radius 2 is 2.25 bits per heavy atom. The molecule has 1 atom stereocenters. The molecule has 0 bridgehead atoms. The molecule has 0 aromatic heterocycles. The van der Waals surface area contributed by atoms with Crippen LogP contribution in [0.1, 0.15) is 27.2 Å². The molecule has 1 aliphatic rings. The molecule has 0 aromatic rings. The van der Waals surface area contributed by atoms with Crippen molar-refractivity contribution in [3.8, 4) is 0 Å².